The number of imidazole rings is 1. The quantitative estimate of drug-likeness (QED) is 0.174. The van der Waals surface area contributed by atoms with E-state index in [0.717, 1.165) is 81.6 Å². The number of halogens is 2. The van der Waals surface area contributed by atoms with E-state index in [1.54, 1.807) is 0 Å². The first-order valence-electron chi connectivity index (χ1n) is 16.9. The molecule has 3 fully saturated rings. The summed E-state index contributed by atoms with van der Waals surface area (Å²) in [6.07, 6.45) is 3.13. The molecule has 0 radical (unpaired) electrons. The molecule has 0 saturated carbocycles. The Balaban J connectivity index is 1.31. The van der Waals surface area contributed by atoms with Gasteiger partial charge in [-0.2, -0.15) is 4.79 Å². The number of rotatable bonds is 7. The molecular weight excluding hydrogens is 740 g/mol. The number of likely N-dealkylation sites (tertiary alicyclic amines) is 2. The van der Waals surface area contributed by atoms with E-state index in [0.29, 0.717) is 32.0 Å². The molecule has 1 amide bonds. The van der Waals surface area contributed by atoms with Gasteiger partial charge in [0.1, 0.15) is 12.8 Å². The molecule has 3 aromatic carbocycles. The first-order valence-corrected chi connectivity index (χ1v) is 18.5. The molecule has 254 valence electrons. The van der Waals surface area contributed by atoms with Crippen LogP contribution in [0.2, 0.25) is 0 Å². The highest BCUT2D eigenvalue weighted by Crippen LogP contribution is 2.47. The maximum absolute atomic E-state index is 13.8. The molecule has 0 bridgehead atoms. The van der Waals surface area contributed by atoms with Crippen molar-refractivity contribution in [2.24, 2.45) is 0 Å². The van der Waals surface area contributed by atoms with Crippen molar-refractivity contribution in [1.82, 2.24) is 24.3 Å². The molecule has 10 nitrogen and oxygen atoms in total. The Bertz CT molecular complexity index is 1900. The van der Waals surface area contributed by atoms with Crippen molar-refractivity contribution in [3.8, 4) is 0 Å². The first kappa shape index (κ1) is 33.6. The van der Waals surface area contributed by atoms with Gasteiger partial charge in [-0.1, -0.05) is 36.4 Å². The molecule has 2 N–H and O–H groups in total. The highest BCUT2D eigenvalue weighted by Gasteiger charge is 2.63. The Labute approximate surface area is 297 Å². The number of amides is 1. The summed E-state index contributed by atoms with van der Waals surface area (Å²) in [6, 6.07) is 18.1. The molecule has 3 aliphatic rings. The van der Waals surface area contributed by atoms with Crippen LogP contribution in [-0.4, -0.2) is 111 Å². The number of piperidine rings is 2. The van der Waals surface area contributed by atoms with Crippen molar-refractivity contribution in [3.05, 3.63) is 79.6 Å². The van der Waals surface area contributed by atoms with Gasteiger partial charge in [0.15, 0.2) is 5.66 Å². The molecule has 1 aromatic heterocycles. The number of hydrogen-bond donors (Lipinski definition) is 2. The van der Waals surface area contributed by atoms with Crippen molar-refractivity contribution in [1.29, 1.82) is 0 Å². The van der Waals surface area contributed by atoms with Crippen LogP contribution < -0.4 is 5.69 Å². The van der Waals surface area contributed by atoms with Crippen molar-refractivity contribution in [2.75, 3.05) is 52.9 Å². The molecule has 3 atom stereocenters. The summed E-state index contributed by atoms with van der Waals surface area (Å²) >= 11 is 7.17. The topological polar surface area (TPSA) is 102 Å². The lowest BCUT2D eigenvalue weighted by atomic mass is 9.82. The number of carboxylic acid groups (broad SMARTS) is 1. The van der Waals surface area contributed by atoms with Crippen LogP contribution in [0.25, 0.3) is 21.8 Å². The van der Waals surface area contributed by atoms with E-state index in [2.05, 4.69) is 58.6 Å². The minimum absolute atomic E-state index is 0.0573. The fraction of sp³-hybridized carbons (Fsp3) is 0.472. The van der Waals surface area contributed by atoms with Crippen LogP contribution in [0.1, 0.15) is 43.7 Å². The van der Waals surface area contributed by atoms with E-state index in [1.165, 1.54) is 0 Å². The number of carbonyl (C=O) groups is 2. The van der Waals surface area contributed by atoms with Gasteiger partial charge < -0.3 is 19.8 Å². The zero-order valence-electron chi connectivity index (χ0n) is 27.3. The molecule has 4 aromatic rings. The molecule has 7 rings (SSSR count). The minimum atomic E-state index is -1.06. The maximum atomic E-state index is 13.8. The summed E-state index contributed by atoms with van der Waals surface area (Å²) < 4.78 is 3.29. The number of aromatic amines is 1. The van der Waals surface area contributed by atoms with Crippen LogP contribution in [-0.2, 0) is 11.3 Å². The van der Waals surface area contributed by atoms with Gasteiger partial charge in [-0.15, -0.1) is 0 Å². The summed E-state index contributed by atoms with van der Waals surface area (Å²) in [4.78, 5) is 50.8. The third kappa shape index (κ3) is 5.78. The third-order valence-corrected chi connectivity index (χ3v) is 13.4. The average molecular weight is 784 g/mol. The number of aromatic nitrogens is 2. The van der Waals surface area contributed by atoms with Crippen molar-refractivity contribution in [3.63, 3.8) is 0 Å². The Hall–Kier alpha value is -2.87. The Morgan fingerprint density at radius 1 is 0.979 bits per heavy atom. The zero-order chi connectivity index (χ0) is 33.6. The molecule has 0 aliphatic carbocycles. The lowest BCUT2D eigenvalue weighted by Gasteiger charge is -2.59. The highest BCUT2D eigenvalue weighted by molar-refractivity contribution is 9.13. The van der Waals surface area contributed by atoms with Crippen LogP contribution in [0.15, 0.2) is 68.3 Å². The van der Waals surface area contributed by atoms with Crippen LogP contribution in [0.5, 0.6) is 0 Å². The molecule has 0 spiro atoms. The Morgan fingerprint density at radius 3 is 2.44 bits per heavy atom. The lowest BCUT2D eigenvalue weighted by molar-refractivity contribution is -0.942. The maximum Gasteiger partial charge on any atom is 0.515 e. The van der Waals surface area contributed by atoms with E-state index in [1.807, 2.05) is 59.2 Å². The predicted octanol–water partition coefficient (Wildman–Crippen LogP) is 6.03. The lowest BCUT2D eigenvalue weighted by Crippen LogP contribution is -2.77. The number of carbonyl (C=O) groups excluding carboxylic acids is 1. The number of nitrogens with one attached hydrogen (secondary N) is 1. The standard InChI is InChI=1S/C36H42Br2N6O4/c1-40-14-10-27(11-15-40)41-16-18-42(19-17-41)36(13-21-45)23-28(12-20-44(36,35(47)48)24-25-6-8-30(37)31(38)22-25)43-32-9-7-26-4-2-3-5-29(26)33(32)39-34(43)46/h2-9,21-22,27-28H,10-20,23-24H2,1H3,(H-,39,46,47,48)/p+1/t28?,36?,44-/m0/s1. The second kappa shape index (κ2) is 13.4. The number of H-pyrrole nitrogens is 1. The van der Waals surface area contributed by atoms with E-state index >= 15 is 0 Å². The van der Waals surface area contributed by atoms with Gasteiger partial charge in [0.25, 0.3) is 0 Å². The third-order valence-electron chi connectivity index (χ3n) is 11.5. The second-order valence-corrected chi connectivity index (χ2v) is 15.6. The van der Waals surface area contributed by atoms with Gasteiger partial charge in [-0.3, -0.25) is 9.47 Å². The van der Waals surface area contributed by atoms with Gasteiger partial charge in [-0.05, 0) is 88.4 Å². The number of piperazine rings is 1. The first-order chi connectivity index (χ1) is 23.2. The van der Waals surface area contributed by atoms with Crippen molar-refractivity contribution < 1.29 is 19.2 Å². The molecule has 3 aliphatic heterocycles. The smallest absolute Gasteiger partial charge is 0.435 e. The summed E-state index contributed by atoms with van der Waals surface area (Å²) in [5.74, 6) is 0. The number of hydrogen-bond acceptors (Lipinski definition) is 6. The van der Waals surface area contributed by atoms with Gasteiger partial charge in [0, 0.05) is 65.0 Å². The van der Waals surface area contributed by atoms with Crippen molar-refractivity contribution in [2.45, 2.75) is 56.4 Å². The van der Waals surface area contributed by atoms with E-state index < -0.39 is 11.8 Å². The Morgan fingerprint density at radius 2 is 1.73 bits per heavy atom. The second-order valence-electron chi connectivity index (χ2n) is 13.9. The van der Waals surface area contributed by atoms with Crippen molar-refractivity contribution >= 4 is 66.0 Å². The van der Waals surface area contributed by atoms with Crippen LogP contribution >= 0.6 is 31.9 Å². The fourth-order valence-corrected chi connectivity index (χ4v) is 9.66. The molecule has 2 unspecified atom stereocenters. The largest absolute Gasteiger partial charge is 0.515 e. The molecule has 4 heterocycles. The van der Waals surface area contributed by atoms with Gasteiger partial charge >= 0.3 is 11.8 Å². The van der Waals surface area contributed by atoms with Gasteiger partial charge in [0.2, 0.25) is 0 Å². The molecule has 48 heavy (non-hydrogen) atoms. The summed E-state index contributed by atoms with van der Waals surface area (Å²) in [5.41, 5.74) is 1.21. The van der Waals surface area contributed by atoms with Gasteiger partial charge in [0.05, 0.1) is 30.0 Å². The van der Waals surface area contributed by atoms with E-state index in [-0.39, 0.29) is 35.7 Å². The molecule has 12 heteroatoms. The monoisotopic (exact) mass is 781 g/mol. The van der Waals surface area contributed by atoms with E-state index in [9.17, 15) is 19.5 Å². The number of aldehydes is 1. The Kier molecular flexibility index (Phi) is 9.42. The summed E-state index contributed by atoms with van der Waals surface area (Å²) in [7, 11) is 2.17. The van der Waals surface area contributed by atoms with Crippen LogP contribution in [0, 0.1) is 0 Å². The summed E-state index contributed by atoms with van der Waals surface area (Å²) in [5, 5.41) is 13.3. The highest BCUT2D eigenvalue weighted by atomic mass is 79.9. The molecular formula is C36H43Br2N6O4+. The average Bonchev–Trinajstić information content (AvgIpc) is 3.44. The fourth-order valence-electron chi connectivity index (χ4n) is 8.98. The predicted molar refractivity (Wildman–Crippen MR) is 194 cm³/mol. The van der Waals surface area contributed by atoms with E-state index in [4.69, 9.17) is 0 Å². The summed E-state index contributed by atoms with van der Waals surface area (Å²) in [6.45, 7) is 5.64. The van der Waals surface area contributed by atoms with Crippen LogP contribution in [0.4, 0.5) is 4.79 Å². The van der Waals surface area contributed by atoms with Gasteiger partial charge in [-0.25, -0.2) is 14.2 Å². The number of benzene rings is 3. The minimum Gasteiger partial charge on any atom is -0.435 e. The molecule has 3 saturated heterocycles. The van der Waals surface area contributed by atoms with Crippen LogP contribution in [0.3, 0.4) is 0 Å². The number of quaternary nitrogens is 1. The normalized spacial score (nSPS) is 26.7. The number of nitrogens with zero attached hydrogens (tertiary/aromatic N) is 5. The SMILES string of the molecule is CN1CCC(N2CCN(C3(CC=O)CC(n4c(=O)[nH]c5c6ccccc6ccc54)CC[N@+]3(Cc3ccc(Br)c(Br)c3)C(=O)O)CC2)CC1. The zero-order valence-corrected chi connectivity index (χ0v) is 30.5. The number of fused-ring (bicyclic) bond motifs is 3.